The van der Waals surface area contributed by atoms with Gasteiger partial charge in [-0.15, -0.1) is 0 Å². The summed E-state index contributed by atoms with van der Waals surface area (Å²) in [6.07, 6.45) is 4.98. The molecule has 24 heavy (non-hydrogen) atoms. The number of hydrogen-bond acceptors (Lipinski definition) is 2. The second-order valence-corrected chi connectivity index (χ2v) is 7.15. The van der Waals surface area contributed by atoms with Gasteiger partial charge in [-0.1, -0.05) is 60.0 Å². The van der Waals surface area contributed by atoms with Gasteiger partial charge in [0, 0.05) is 6.04 Å². The van der Waals surface area contributed by atoms with Gasteiger partial charge in [-0.3, -0.25) is 4.90 Å². The molecule has 0 saturated carbocycles. The Morgan fingerprint density at radius 1 is 1.00 bits per heavy atom. The first-order valence-corrected chi connectivity index (χ1v) is 9.31. The molecular weight excluding hydrogens is 292 g/mol. The van der Waals surface area contributed by atoms with E-state index in [0.29, 0.717) is 6.04 Å². The van der Waals surface area contributed by atoms with Gasteiger partial charge in [-0.05, 0) is 69.4 Å². The number of nitrogens with two attached hydrogens (primary N) is 1. The number of nitrogens with zero attached hydrogens (tertiary/aromatic N) is 1. The lowest BCUT2D eigenvalue weighted by molar-refractivity contribution is 0.148. The second-order valence-electron chi connectivity index (χ2n) is 7.15. The number of rotatable bonds is 5. The largest absolute Gasteiger partial charge is 0.330 e. The van der Waals surface area contributed by atoms with Gasteiger partial charge in [-0.2, -0.15) is 0 Å². The molecule has 2 aromatic rings. The molecule has 2 nitrogen and oxygen atoms in total. The van der Waals surface area contributed by atoms with Crippen LogP contribution in [0.15, 0.2) is 42.5 Å². The van der Waals surface area contributed by atoms with Gasteiger partial charge in [-0.25, -0.2) is 0 Å². The SMILES string of the molecule is Cc1ccc(-c2cc(C)ccc2C2CCCCN2CCCN)cc1. The van der Waals surface area contributed by atoms with Gasteiger partial charge < -0.3 is 5.73 Å². The highest BCUT2D eigenvalue weighted by molar-refractivity contribution is 5.69. The lowest BCUT2D eigenvalue weighted by Crippen LogP contribution is -2.35. The highest BCUT2D eigenvalue weighted by atomic mass is 15.2. The number of hydrogen-bond donors (Lipinski definition) is 1. The lowest BCUT2D eigenvalue weighted by atomic mass is 9.88. The van der Waals surface area contributed by atoms with Crippen molar-refractivity contribution in [1.29, 1.82) is 0 Å². The number of benzene rings is 2. The molecular formula is C22H30N2. The molecule has 0 bridgehead atoms. The zero-order chi connectivity index (χ0) is 16.9. The minimum Gasteiger partial charge on any atom is -0.330 e. The normalized spacial score (nSPS) is 18.7. The molecule has 0 aromatic heterocycles. The topological polar surface area (TPSA) is 29.3 Å². The summed E-state index contributed by atoms with van der Waals surface area (Å²) in [5, 5.41) is 0. The molecule has 2 aromatic carbocycles. The standard InChI is InChI=1S/C22H30N2/c1-17-7-10-19(11-8-17)21-16-18(2)9-12-20(21)22-6-3-4-14-24(22)15-5-13-23/h7-12,16,22H,3-6,13-15,23H2,1-2H3. The maximum atomic E-state index is 5.76. The van der Waals surface area contributed by atoms with Crippen molar-refractivity contribution >= 4 is 0 Å². The van der Waals surface area contributed by atoms with Crippen molar-refractivity contribution in [3.05, 3.63) is 59.2 Å². The lowest BCUT2D eigenvalue weighted by Gasteiger charge is -2.37. The van der Waals surface area contributed by atoms with Crippen LogP contribution in [0.1, 0.15) is 48.4 Å². The molecule has 1 heterocycles. The molecule has 2 heteroatoms. The van der Waals surface area contributed by atoms with Gasteiger partial charge in [0.25, 0.3) is 0 Å². The third-order valence-corrected chi connectivity index (χ3v) is 5.19. The predicted molar refractivity (Wildman–Crippen MR) is 103 cm³/mol. The van der Waals surface area contributed by atoms with E-state index in [-0.39, 0.29) is 0 Å². The van der Waals surface area contributed by atoms with Crippen molar-refractivity contribution in [3.8, 4) is 11.1 Å². The zero-order valence-electron chi connectivity index (χ0n) is 15.1. The van der Waals surface area contributed by atoms with Gasteiger partial charge in [0.05, 0.1) is 0 Å². The van der Waals surface area contributed by atoms with E-state index in [1.54, 1.807) is 0 Å². The van der Waals surface area contributed by atoms with Gasteiger partial charge >= 0.3 is 0 Å². The Labute approximate surface area is 146 Å². The Hall–Kier alpha value is -1.64. The summed E-state index contributed by atoms with van der Waals surface area (Å²) in [5.41, 5.74) is 12.6. The average molecular weight is 322 g/mol. The van der Waals surface area contributed by atoms with Crippen molar-refractivity contribution in [3.63, 3.8) is 0 Å². The van der Waals surface area contributed by atoms with Crippen molar-refractivity contribution < 1.29 is 0 Å². The Kier molecular flexibility index (Phi) is 5.70. The Balaban J connectivity index is 1.98. The Morgan fingerprint density at radius 3 is 2.50 bits per heavy atom. The molecule has 128 valence electrons. The summed E-state index contributed by atoms with van der Waals surface area (Å²) in [6, 6.07) is 16.5. The van der Waals surface area contributed by atoms with E-state index in [4.69, 9.17) is 5.73 Å². The van der Waals surface area contributed by atoms with Gasteiger partial charge in [0.1, 0.15) is 0 Å². The number of piperidine rings is 1. The van der Waals surface area contributed by atoms with Crippen LogP contribution in [-0.4, -0.2) is 24.5 Å². The van der Waals surface area contributed by atoms with Crippen LogP contribution < -0.4 is 5.73 Å². The summed E-state index contributed by atoms with van der Waals surface area (Å²) < 4.78 is 0. The maximum absolute atomic E-state index is 5.76. The van der Waals surface area contributed by atoms with E-state index in [2.05, 4.69) is 61.2 Å². The quantitative estimate of drug-likeness (QED) is 0.853. The fraction of sp³-hybridized carbons (Fsp3) is 0.455. The van der Waals surface area contributed by atoms with E-state index < -0.39 is 0 Å². The molecule has 1 atom stereocenters. The van der Waals surface area contributed by atoms with Crippen LogP contribution in [0.3, 0.4) is 0 Å². The maximum Gasteiger partial charge on any atom is 0.0354 e. The third-order valence-electron chi connectivity index (χ3n) is 5.19. The van der Waals surface area contributed by atoms with Crippen molar-refractivity contribution in [2.24, 2.45) is 5.73 Å². The number of likely N-dealkylation sites (tertiary alicyclic amines) is 1. The first-order chi connectivity index (χ1) is 11.7. The molecule has 1 aliphatic rings. The molecule has 0 amide bonds. The van der Waals surface area contributed by atoms with Gasteiger partial charge in [0.15, 0.2) is 0 Å². The predicted octanol–water partition coefficient (Wildman–Crippen LogP) is 4.85. The minimum atomic E-state index is 0.530. The summed E-state index contributed by atoms with van der Waals surface area (Å²) in [4.78, 5) is 2.65. The van der Waals surface area contributed by atoms with Crippen LogP contribution in [0.2, 0.25) is 0 Å². The summed E-state index contributed by atoms with van der Waals surface area (Å²) >= 11 is 0. The molecule has 0 radical (unpaired) electrons. The van der Waals surface area contributed by atoms with Crippen molar-refractivity contribution in [1.82, 2.24) is 4.90 Å². The third kappa shape index (κ3) is 3.88. The van der Waals surface area contributed by atoms with E-state index in [9.17, 15) is 0 Å². The zero-order valence-corrected chi connectivity index (χ0v) is 15.1. The highest BCUT2D eigenvalue weighted by Gasteiger charge is 2.25. The van der Waals surface area contributed by atoms with Crippen LogP contribution >= 0.6 is 0 Å². The Morgan fingerprint density at radius 2 is 1.75 bits per heavy atom. The molecule has 0 aliphatic carbocycles. The van der Waals surface area contributed by atoms with E-state index in [0.717, 1.165) is 19.5 Å². The highest BCUT2D eigenvalue weighted by Crippen LogP contribution is 2.37. The molecule has 3 rings (SSSR count). The molecule has 0 spiro atoms. The summed E-state index contributed by atoms with van der Waals surface area (Å²) in [5.74, 6) is 0. The fourth-order valence-electron chi connectivity index (χ4n) is 3.85. The fourth-order valence-corrected chi connectivity index (χ4v) is 3.85. The summed E-state index contributed by atoms with van der Waals surface area (Å²) in [6.45, 7) is 7.43. The van der Waals surface area contributed by atoms with E-state index >= 15 is 0 Å². The van der Waals surface area contributed by atoms with Crippen LogP contribution in [0.5, 0.6) is 0 Å². The van der Waals surface area contributed by atoms with Crippen molar-refractivity contribution in [2.75, 3.05) is 19.6 Å². The van der Waals surface area contributed by atoms with Crippen LogP contribution in [-0.2, 0) is 0 Å². The Bertz CT molecular complexity index is 660. The van der Waals surface area contributed by atoms with Crippen LogP contribution in [0.4, 0.5) is 0 Å². The molecule has 1 saturated heterocycles. The molecule has 2 N–H and O–H groups in total. The van der Waals surface area contributed by atoms with Crippen LogP contribution in [0.25, 0.3) is 11.1 Å². The van der Waals surface area contributed by atoms with Crippen molar-refractivity contribution in [2.45, 2.75) is 45.6 Å². The summed E-state index contributed by atoms with van der Waals surface area (Å²) in [7, 11) is 0. The molecule has 1 aliphatic heterocycles. The van der Waals surface area contributed by atoms with E-state index in [1.165, 1.54) is 53.6 Å². The monoisotopic (exact) mass is 322 g/mol. The average Bonchev–Trinajstić information content (AvgIpc) is 2.61. The minimum absolute atomic E-state index is 0.530. The number of aryl methyl sites for hydroxylation is 2. The molecule has 1 fully saturated rings. The van der Waals surface area contributed by atoms with Gasteiger partial charge in [0.2, 0.25) is 0 Å². The second kappa shape index (κ2) is 7.96. The first-order valence-electron chi connectivity index (χ1n) is 9.31. The smallest absolute Gasteiger partial charge is 0.0354 e. The van der Waals surface area contributed by atoms with Crippen LogP contribution in [0, 0.1) is 13.8 Å². The first kappa shape index (κ1) is 17.2. The molecule has 1 unspecified atom stereocenters. The van der Waals surface area contributed by atoms with E-state index in [1.807, 2.05) is 0 Å².